The summed E-state index contributed by atoms with van der Waals surface area (Å²) in [4.78, 5) is 48.3. The summed E-state index contributed by atoms with van der Waals surface area (Å²) in [5.74, 6) is -5.01. The Hall–Kier alpha value is -9.59. The molecule has 494 valence electrons. The van der Waals surface area contributed by atoms with Gasteiger partial charge in [-0.15, -0.1) is 0 Å². The molecule has 0 aliphatic carbocycles. The Morgan fingerprint density at radius 3 is 1.34 bits per heavy atom. The molecule has 9 aromatic heterocycles. The van der Waals surface area contributed by atoms with Crippen LogP contribution in [0.25, 0.3) is 73.2 Å². The van der Waals surface area contributed by atoms with Crippen LogP contribution in [0.15, 0.2) is 206 Å². The van der Waals surface area contributed by atoms with E-state index in [0.29, 0.717) is 37.1 Å². The highest BCUT2D eigenvalue weighted by Gasteiger charge is 2.51. The molecule has 96 heavy (non-hydrogen) atoms. The molecule has 3 aliphatic heterocycles. The summed E-state index contributed by atoms with van der Waals surface area (Å²) in [6.45, 7) is 9.78. The maximum atomic E-state index is 13.6. The number of likely N-dealkylation sites (tertiary alicyclic amines) is 1. The van der Waals surface area contributed by atoms with Crippen LogP contribution in [0.5, 0.6) is 0 Å². The van der Waals surface area contributed by atoms with Gasteiger partial charge in [-0.1, -0.05) is 87.6 Å². The number of nitrogens with one attached hydrogen (secondary N) is 1. The summed E-state index contributed by atoms with van der Waals surface area (Å²) in [5.41, 5.74) is 14.3. The number of piperidine rings is 2. The highest BCUT2D eigenvalue weighted by molar-refractivity contribution is 9.10. The summed E-state index contributed by atoms with van der Waals surface area (Å²) in [6.07, 6.45) is 18.7. The van der Waals surface area contributed by atoms with Crippen LogP contribution in [0.1, 0.15) is 94.5 Å². The molecule has 12 heterocycles. The molecule has 3 aromatic carbocycles. The van der Waals surface area contributed by atoms with Crippen LogP contribution in [0.4, 0.5) is 17.6 Å². The van der Waals surface area contributed by atoms with Gasteiger partial charge in [0.05, 0.1) is 71.4 Å². The number of benzene rings is 3. The van der Waals surface area contributed by atoms with Gasteiger partial charge in [0.2, 0.25) is 0 Å². The molecule has 0 spiro atoms. The molecule has 15 rings (SSSR count). The Balaban J connectivity index is 0.000000147. The third-order valence-corrected chi connectivity index (χ3v) is 16.9. The van der Waals surface area contributed by atoms with E-state index in [1.807, 2.05) is 163 Å². The lowest BCUT2D eigenvalue weighted by molar-refractivity contribution is -0.0661. The second-order valence-electron chi connectivity index (χ2n) is 23.7. The van der Waals surface area contributed by atoms with Gasteiger partial charge >= 0.3 is 7.12 Å². The fraction of sp³-hybridized carbons (Fsp3) is 0.264. The molecular weight excluding hydrogens is 1290 g/mol. The number of carbonyl (C=O) groups excluding carboxylic acids is 2. The van der Waals surface area contributed by atoms with Crippen LogP contribution in [0.3, 0.4) is 0 Å². The minimum atomic E-state index is -2.58. The van der Waals surface area contributed by atoms with E-state index in [-0.39, 0.29) is 59.1 Å². The molecule has 0 saturated carbocycles. The molecule has 1 N–H and O–H groups in total. The Kier molecular flexibility index (Phi) is 23.1. The number of halogens is 5. The standard InChI is InChI=1S/C23H21F2N5.C18H12N4O.C13H17BO3.C11H7BrN4.C5H9F2N.2CH4/c24-23(25)10-1-13-29(16-23)15-17-2-4-19(5-3-17)21-14-27-22-7-6-20(28-30(21)22)18-8-11-26-12-9-18;23-12-13-1-3-15(4-2-13)17-11-20-18-6-5-16(21-22(17)18)14-7-9-19-10-8-14;1-12(2)13(3,4)17-14(16-12)11-7-5-10(9-15)6-8-11;12-10-7-14-11-2-1-9(15-16(10)11)8-3-5-13-6-4-8;6-5(7)2-1-3-8-4-5;;/h2-9,11-12,14H,1,10,13,15-16H2;1-12H;5-9H,1-4H3;1-7H;8H,1-4H2;2*1H4. The number of pyridine rings is 3. The molecule has 3 saturated heterocycles. The molecule has 12 aromatic rings. The zero-order valence-electron chi connectivity index (χ0n) is 52.0. The van der Waals surface area contributed by atoms with E-state index in [1.54, 1.807) is 84.6 Å². The second-order valence-corrected chi connectivity index (χ2v) is 24.5. The predicted octanol–water partition coefficient (Wildman–Crippen LogP) is 14.6. The van der Waals surface area contributed by atoms with Gasteiger partial charge in [-0.05, 0) is 153 Å². The van der Waals surface area contributed by atoms with E-state index in [0.717, 1.165) is 108 Å². The van der Waals surface area contributed by atoms with Crippen LogP contribution in [-0.2, 0) is 15.9 Å². The van der Waals surface area contributed by atoms with Gasteiger partial charge in [-0.25, -0.2) is 46.1 Å². The fourth-order valence-electron chi connectivity index (χ4n) is 10.5. The summed E-state index contributed by atoms with van der Waals surface area (Å²) >= 11 is 3.40. The normalized spacial score (nSPS) is 15.7. The van der Waals surface area contributed by atoms with Crippen molar-refractivity contribution in [2.75, 3.05) is 26.2 Å². The molecule has 0 unspecified atom stereocenters. The molecule has 18 nitrogen and oxygen atoms in total. The Morgan fingerprint density at radius 1 is 0.510 bits per heavy atom. The van der Waals surface area contributed by atoms with Crippen molar-refractivity contribution in [3.05, 3.63) is 223 Å². The van der Waals surface area contributed by atoms with Gasteiger partial charge in [-0.3, -0.25) is 29.4 Å². The number of hydrogen-bond acceptors (Lipinski definition) is 15. The number of nitrogens with zero attached hydrogens (tertiary/aromatic N) is 13. The predicted molar refractivity (Wildman–Crippen MR) is 370 cm³/mol. The average molecular weight is 1370 g/mol. The van der Waals surface area contributed by atoms with E-state index in [9.17, 15) is 27.2 Å². The zero-order valence-corrected chi connectivity index (χ0v) is 53.6. The van der Waals surface area contributed by atoms with Gasteiger partial charge in [0.15, 0.2) is 16.9 Å². The summed E-state index contributed by atoms with van der Waals surface area (Å²) in [6, 6.07) is 45.8. The van der Waals surface area contributed by atoms with Crippen LogP contribution < -0.4 is 10.8 Å². The van der Waals surface area contributed by atoms with Crippen LogP contribution >= 0.6 is 15.9 Å². The van der Waals surface area contributed by atoms with Crippen molar-refractivity contribution < 1.29 is 36.5 Å². The van der Waals surface area contributed by atoms with Crippen molar-refractivity contribution >= 4 is 58.0 Å². The number of aromatic nitrogens is 12. The van der Waals surface area contributed by atoms with Crippen molar-refractivity contribution in [3.8, 4) is 56.3 Å². The lowest BCUT2D eigenvalue weighted by atomic mass is 9.79. The van der Waals surface area contributed by atoms with Gasteiger partial charge in [-0.2, -0.15) is 15.3 Å². The number of imidazole rings is 3. The van der Waals surface area contributed by atoms with Crippen LogP contribution in [0, 0.1) is 0 Å². The Bertz CT molecular complexity index is 4470. The minimum absolute atomic E-state index is 0. The lowest BCUT2D eigenvalue weighted by Crippen LogP contribution is -2.41. The SMILES string of the molecule is Brc1cnc2ccc(-c3ccncc3)nn12.C.C.CC1(C)OB(c2ccc(C=O)cc2)OC1(C)C.FC1(F)CCCN(Cc2ccc(-c3cnc4ccc(-c5ccncc5)nn34)cc2)C1.FC1(F)CCCNC1.O=Cc1ccc(-c2cnc3ccc(-c4ccncc4)nn23)cc1. The number of fused-ring (bicyclic) bond motifs is 3. The van der Waals surface area contributed by atoms with Crippen molar-refractivity contribution in [2.45, 2.75) is 97.8 Å². The molecule has 0 bridgehead atoms. The van der Waals surface area contributed by atoms with Gasteiger partial charge in [0.1, 0.15) is 17.2 Å². The maximum Gasteiger partial charge on any atom is 0.494 e. The second kappa shape index (κ2) is 31.3. The third-order valence-electron chi connectivity index (χ3n) is 16.3. The van der Waals surface area contributed by atoms with E-state index in [1.165, 1.54) is 0 Å². The third kappa shape index (κ3) is 17.5. The summed E-state index contributed by atoms with van der Waals surface area (Å²) in [7, 11) is -0.360. The Morgan fingerprint density at radius 2 is 0.927 bits per heavy atom. The van der Waals surface area contributed by atoms with E-state index >= 15 is 0 Å². The number of hydrogen-bond donors (Lipinski definition) is 1. The highest BCUT2D eigenvalue weighted by Crippen LogP contribution is 2.37. The molecule has 3 aliphatic rings. The number of rotatable bonds is 10. The number of carbonyl (C=O) groups is 2. The van der Waals surface area contributed by atoms with Crippen molar-refractivity contribution in [1.29, 1.82) is 0 Å². The smallest absolute Gasteiger partial charge is 0.399 e. The van der Waals surface area contributed by atoms with Crippen molar-refractivity contribution in [3.63, 3.8) is 0 Å². The molecule has 3 fully saturated rings. The topological polar surface area (TPSA) is 197 Å². The summed E-state index contributed by atoms with van der Waals surface area (Å²) in [5, 5.41) is 16.5. The first-order valence-electron chi connectivity index (χ1n) is 30.5. The van der Waals surface area contributed by atoms with Crippen LogP contribution in [-0.4, -0.2) is 133 Å². The summed E-state index contributed by atoms with van der Waals surface area (Å²) < 4.78 is 69.7. The van der Waals surface area contributed by atoms with Gasteiger partial charge < -0.3 is 14.6 Å². The average Bonchev–Trinajstić information content (AvgIpc) is 1.63. The number of alkyl halides is 4. The zero-order chi connectivity index (χ0) is 65.9. The minimum Gasteiger partial charge on any atom is -0.399 e. The largest absolute Gasteiger partial charge is 0.494 e. The first-order valence-corrected chi connectivity index (χ1v) is 31.3. The van der Waals surface area contributed by atoms with Crippen molar-refractivity contribution in [1.82, 2.24) is 69.0 Å². The van der Waals surface area contributed by atoms with Gasteiger partial charge in [0, 0.05) is 95.5 Å². The van der Waals surface area contributed by atoms with Crippen LogP contribution in [0.2, 0.25) is 0 Å². The molecule has 0 amide bonds. The Labute approximate surface area is 563 Å². The fourth-order valence-corrected chi connectivity index (χ4v) is 10.9. The molecule has 0 atom stereocenters. The highest BCUT2D eigenvalue weighted by atomic mass is 79.9. The van der Waals surface area contributed by atoms with E-state index in [4.69, 9.17) is 14.4 Å². The quantitative estimate of drug-likeness (QED) is 0.0770. The van der Waals surface area contributed by atoms with E-state index < -0.39 is 11.8 Å². The van der Waals surface area contributed by atoms with Gasteiger partial charge in [0.25, 0.3) is 11.8 Å². The first kappa shape index (κ1) is 70.7. The van der Waals surface area contributed by atoms with Crippen molar-refractivity contribution in [2.24, 2.45) is 0 Å². The molecule has 24 heteroatoms. The monoisotopic (exact) mass is 1360 g/mol. The first-order chi connectivity index (χ1) is 45.3. The number of aldehydes is 2. The molecule has 0 radical (unpaired) electrons. The van der Waals surface area contributed by atoms with E-state index in [2.05, 4.69) is 61.3 Å². The maximum absolute atomic E-state index is 13.6. The lowest BCUT2D eigenvalue weighted by Gasteiger charge is -2.32. The molecular formula is C72H74BBrF4N14O4.